The third-order valence-corrected chi connectivity index (χ3v) is 3.77. The van der Waals surface area contributed by atoms with Gasteiger partial charge in [-0.25, -0.2) is 0 Å². The maximum Gasteiger partial charge on any atom is 0.181 e. The summed E-state index contributed by atoms with van der Waals surface area (Å²) in [6, 6.07) is 0. The molecule has 0 heterocycles. The molecule has 0 aromatic rings. The van der Waals surface area contributed by atoms with Gasteiger partial charge in [-0.2, -0.15) is 0 Å². The minimum absolute atomic E-state index is 0.0486. The summed E-state index contributed by atoms with van der Waals surface area (Å²) in [7, 11) is 0. The summed E-state index contributed by atoms with van der Waals surface area (Å²) in [5.74, 6) is 0. The molecule has 0 fully saturated rings. The molecule has 0 saturated heterocycles. The predicted octanol–water partition coefficient (Wildman–Crippen LogP) is 2.96. The van der Waals surface area contributed by atoms with Crippen molar-refractivity contribution in [1.29, 1.82) is 0 Å². The summed E-state index contributed by atoms with van der Waals surface area (Å²) < 4.78 is 11.6. The van der Waals surface area contributed by atoms with Gasteiger partial charge in [-0.1, -0.05) is 41.5 Å². The Morgan fingerprint density at radius 2 is 1.35 bits per heavy atom. The number of rotatable bonds is 7. The number of hydrogen-bond donors (Lipinski definition) is 2. The minimum Gasteiger partial charge on any atom is -0.394 e. The van der Waals surface area contributed by atoms with Crippen LogP contribution < -0.4 is 0 Å². The summed E-state index contributed by atoms with van der Waals surface area (Å²) in [6.07, 6.45) is -0.342. The van der Waals surface area contributed by atoms with Crippen LogP contribution in [0.2, 0.25) is 0 Å². The van der Waals surface area contributed by atoms with Gasteiger partial charge < -0.3 is 19.7 Å². The fraction of sp³-hybridized carbons (Fsp3) is 1.00. The van der Waals surface area contributed by atoms with Crippen LogP contribution in [0.1, 0.15) is 61.8 Å². The molecule has 2 unspecified atom stereocenters. The number of hydrogen-bond acceptors (Lipinski definition) is 4. The van der Waals surface area contributed by atoms with Gasteiger partial charge in [0.05, 0.1) is 24.9 Å². The van der Waals surface area contributed by atoms with Crippen molar-refractivity contribution in [1.82, 2.24) is 0 Å². The molecule has 2 atom stereocenters. The highest BCUT2D eigenvalue weighted by atomic mass is 16.7. The maximum absolute atomic E-state index is 9.47. The zero-order chi connectivity index (χ0) is 16.2. The molecule has 0 aromatic heterocycles. The molecule has 0 aromatic carbocycles. The molecule has 0 radical (unpaired) electrons. The van der Waals surface area contributed by atoms with Crippen molar-refractivity contribution >= 4 is 0 Å². The molecule has 4 heteroatoms. The second-order valence-corrected chi connectivity index (χ2v) is 8.20. The third-order valence-electron chi connectivity index (χ3n) is 3.77. The Morgan fingerprint density at radius 1 is 0.850 bits per heavy atom. The second-order valence-electron chi connectivity index (χ2n) is 8.20. The van der Waals surface area contributed by atoms with Crippen LogP contribution in [-0.2, 0) is 9.47 Å². The van der Waals surface area contributed by atoms with Gasteiger partial charge in [-0.3, -0.25) is 0 Å². The Balaban J connectivity index is 4.69. The molecule has 122 valence electrons. The maximum atomic E-state index is 9.47. The van der Waals surface area contributed by atoms with Crippen LogP contribution in [0, 0.1) is 10.8 Å². The lowest BCUT2D eigenvalue weighted by Crippen LogP contribution is -2.45. The van der Waals surface area contributed by atoms with Crippen LogP contribution in [0.3, 0.4) is 0 Å². The van der Waals surface area contributed by atoms with Crippen LogP contribution in [-0.4, -0.2) is 41.4 Å². The lowest BCUT2D eigenvalue weighted by Gasteiger charge is -2.41. The van der Waals surface area contributed by atoms with E-state index in [9.17, 15) is 10.2 Å². The first-order valence-electron chi connectivity index (χ1n) is 7.37. The van der Waals surface area contributed by atoms with Crippen LogP contribution in [0.5, 0.6) is 0 Å². The van der Waals surface area contributed by atoms with Crippen molar-refractivity contribution < 1.29 is 19.7 Å². The fourth-order valence-corrected chi connectivity index (χ4v) is 1.67. The summed E-state index contributed by atoms with van der Waals surface area (Å²) in [6.45, 7) is 16.2. The average molecular weight is 290 g/mol. The van der Waals surface area contributed by atoms with Gasteiger partial charge >= 0.3 is 0 Å². The highest BCUT2D eigenvalue weighted by Gasteiger charge is 2.37. The smallest absolute Gasteiger partial charge is 0.181 e. The minimum atomic E-state index is -0.719. The van der Waals surface area contributed by atoms with E-state index in [2.05, 4.69) is 41.5 Å². The van der Waals surface area contributed by atoms with Crippen molar-refractivity contribution in [2.24, 2.45) is 10.8 Å². The zero-order valence-electron chi connectivity index (χ0n) is 14.5. The largest absolute Gasteiger partial charge is 0.394 e. The monoisotopic (exact) mass is 290 g/mol. The molecule has 20 heavy (non-hydrogen) atoms. The molecule has 0 aliphatic carbocycles. The second kappa shape index (κ2) is 7.21. The number of aliphatic hydroxyl groups excluding tert-OH is 2. The summed E-state index contributed by atoms with van der Waals surface area (Å²) in [5, 5.41) is 18.9. The van der Waals surface area contributed by atoms with E-state index >= 15 is 0 Å². The van der Waals surface area contributed by atoms with Gasteiger partial charge in [0.2, 0.25) is 0 Å². The Kier molecular flexibility index (Phi) is 7.15. The van der Waals surface area contributed by atoms with E-state index in [1.54, 1.807) is 0 Å². The Bertz CT molecular complexity index is 273. The van der Waals surface area contributed by atoms with Gasteiger partial charge in [0, 0.05) is 0 Å². The molecule has 0 bridgehead atoms. The van der Waals surface area contributed by atoms with Crippen molar-refractivity contribution in [3.8, 4) is 0 Å². The summed E-state index contributed by atoms with van der Waals surface area (Å²) in [5.41, 5.74) is -0.475. The Hall–Kier alpha value is -0.160. The molecule has 4 nitrogen and oxygen atoms in total. The first kappa shape index (κ1) is 19.8. The van der Waals surface area contributed by atoms with Crippen LogP contribution in [0.15, 0.2) is 0 Å². The normalized spacial score (nSPS) is 17.1. The van der Waals surface area contributed by atoms with Gasteiger partial charge in [0.1, 0.15) is 0 Å². The molecule has 2 N–H and O–H groups in total. The fourth-order valence-electron chi connectivity index (χ4n) is 1.67. The quantitative estimate of drug-likeness (QED) is 0.708. The van der Waals surface area contributed by atoms with Gasteiger partial charge in [-0.05, 0) is 31.1 Å². The lowest BCUT2D eigenvalue weighted by molar-refractivity contribution is -0.261. The van der Waals surface area contributed by atoms with Crippen molar-refractivity contribution in [2.45, 2.75) is 79.8 Å². The number of aliphatic hydroxyl groups is 2. The summed E-state index contributed by atoms with van der Waals surface area (Å²) >= 11 is 0. The summed E-state index contributed by atoms with van der Waals surface area (Å²) in [4.78, 5) is 0. The number of ether oxygens (including phenoxy) is 2. The van der Waals surface area contributed by atoms with E-state index in [1.165, 1.54) is 0 Å². The van der Waals surface area contributed by atoms with E-state index in [-0.39, 0.29) is 30.1 Å². The van der Waals surface area contributed by atoms with Gasteiger partial charge in [0.15, 0.2) is 6.29 Å². The molecule has 0 rings (SSSR count). The van der Waals surface area contributed by atoms with Crippen LogP contribution in [0.25, 0.3) is 0 Å². The van der Waals surface area contributed by atoms with Crippen molar-refractivity contribution in [2.75, 3.05) is 13.2 Å². The first-order chi connectivity index (χ1) is 8.82. The Labute approximate surface area is 124 Å². The molecule has 0 aliphatic rings. The molecule has 0 aliphatic heterocycles. The lowest BCUT2D eigenvalue weighted by atomic mass is 9.79. The zero-order valence-corrected chi connectivity index (χ0v) is 14.5. The molecular weight excluding hydrogens is 256 g/mol. The topological polar surface area (TPSA) is 58.9 Å². The highest BCUT2D eigenvalue weighted by molar-refractivity contribution is 4.84. The van der Waals surface area contributed by atoms with Gasteiger partial charge in [-0.15, -0.1) is 0 Å². The van der Waals surface area contributed by atoms with E-state index < -0.39 is 11.9 Å². The van der Waals surface area contributed by atoms with Crippen molar-refractivity contribution in [3.05, 3.63) is 0 Å². The van der Waals surface area contributed by atoms with E-state index in [1.807, 2.05) is 13.8 Å². The Morgan fingerprint density at radius 3 is 1.65 bits per heavy atom. The van der Waals surface area contributed by atoms with Gasteiger partial charge in [0.25, 0.3) is 0 Å². The first-order valence-corrected chi connectivity index (χ1v) is 7.37. The SMILES string of the molecule is CC(C)(C)CC(CO)OC(CO)OC(C)(C)C(C)(C)C. The standard InChI is InChI=1S/C16H34O4/c1-14(2,3)9-12(10-17)19-13(11-18)20-16(7,8)15(4,5)6/h12-13,17-18H,9-11H2,1-8H3. The molecule has 0 saturated carbocycles. The highest BCUT2D eigenvalue weighted by Crippen LogP contribution is 2.34. The van der Waals surface area contributed by atoms with E-state index in [4.69, 9.17) is 9.47 Å². The molecule has 0 spiro atoms. The third kappa shape index (κ3) is 7.02. The van der Waals surface area contributed by atoms with Crippen molar-refractivity contribution in [3.63, 3.8) is 0 Å². The predicted molar refractivity (Wildman–Crippen MR) is 81.5 cm³/mol. The molecular formula is C16H34O4. The molecule has 0 amide bonds. The van der Waals surface area contributed by atoms with E-state index in [0.717, 1.165) is 0 Å². The van der Waals surface area contributed by atoms with Crippen LogP contribution >= 0.6 is 0 Å². The van der Waals surface area contributed by atoms with E-state index in [0.29, 0.717) is 6.42 Å². The average Bonchev–Trinajstić information content (AvgIpc) is 2.23. The van der Waals surface area contributed by atoms with Crippen LogP contribution in [0.4, 0.5) is 0 Å².